The first kappa shape index (κ1) is 24.8. The Kier molecular flexibility index (Phi) is 8.40. The van der Waals surface area contributed by atoms with Crippen LogP contribution in [0.4, 0.5) is 0 Å². The van der Waals surface area contributed by atoms with Crippen LogP contribution in [0.2, 0.25) is 0 Å². The number of hydrogen-bond acceptors (Lipinski definition) is 4. The lowest BCUT2D eigenvalue weighted by atomic mass is 9.88. The van der Waals surface area contributed by atoms with E-state index in [2.05, 4.69) is 40.5 Å². The van der Waals surface area contributed by atoms with Crippen molar-refractivity contribution in [2.45, 2.75) is 76.3 Å². The fourth-order valence-corrected chi connectivity index (χ4v) is 6.44. The van der Waals surface area contributed by atoms with Crippen LogP contribution in [0.5, 0.6) is 0 Å². The molecule has 4 aliphatic rings. The SMILES string of the molecule is O=C(C1CC(N(CCc2ccccc2)CC2CCCCC2)CN1C(=O)C1CC1)N1CCCNCC1. The molecule has 0 bridgehead atoms. The Labute approximate surface area is 211 Å². The van der Waals surface area contributed by atoms with Gasteiger partial charge in [0.1, 0.15) is 6.04 Å². The van der Waals surface area contributed by atoms with Crippen molar-refractivity contribution in [3.63, 3.8) is 0 Å². The maximum absolute atomic E-state index is 13.7. The van der Waals surface area contributed by atoms with Gasteiger partial charge in [-0.05, 0) is 63.0 Å². The second-order valence-electron chi connectivity index (χ2n) is 11.3. The second-order valence-corrected chi connectivity index (χ2v) is 11.3. The highest BCUT2D eigenvalue weighted by molar-refractivity contribution is 5.90. The summed E-state index contributed by atoms with van der Waals surface area (Å²) in [6, 6.07) is 10.8. The Balaban J connectivity index is 1.32. The van der Waals surface area contributed by atoms with Crippen LogP contribution in [-0.2, 0) is 16.0 Å². The lowest BCUT2D eigenvalue weighted by molar-refractivity contribution is -0.144. The number of carbonyl (C=O) groups is 2. The summed E-state index contributed by atoms with van der Waals surface area (Å²) in [6.07, 6.45) is 11.5. The molecule has 0 radical (unpaired) electrons. The number of amides is 2. The Morgan fingerprint density at radius 3 is 2.49 bits per heavy atom. The predicted octanol–water partition coefficient (Wildman–Crippen LogP) is 3.31. The average Bonchev–Trinajstić information content (AvgIpc) is 3.70. The van der Waals surface area contributed by atoms with E-state index in [0.29, 0.717) is 0 Å². The summed E-state index contributed by atoms with van der Waals surface area (Å²) >= 11 is 0. The van der Waals surface area contributed by atoms with Crippen molar-refractivity contribution in [1.82, 2.24) is 20.0 Å². The van der Waals surface area contributed by atoms with Gasteiger partial charge in [-0.1, -0.05) is 49.6 Å². The molecular formula is C29H44N4O2. The van der Waals surface area contributed by atoms with Crippen LogP contribution < -0.4 is 5.32 Å². The van der Waals surface area contributed by atoms with Gasteiger partial charge >= 0.3 is 0 Å². The summed E-state index contributed by atoms with van der Waals surface area (Å²) in [5, 5.41) is 3.41. The van der Waals surface area contributed by atoms with Crippen molar-refractivity contribution in [3.8, 4) is 0 Å². The molecule has 35 heavy (non-hydrogen) atoms. The highest BCUT2D eigenvalue weighted by Gasteiger charge is 2.46. The van der Waals surface area contributed by atoms with Gasteiger partial charge in [0.2, 0.25) is 11.8 Å². The monoisotopic (exact) mass is 480 g/mol. The molecule has 2 saturated carbocycles. The fourth-order valence-electron chi connectivity index (χ4n) is 6.44. The van der Waals surface area contributed by atoms with E-state index < -0.39 is 0 Å². The van der Waals surface area contributed by atoms with Gasteiger partial charge in [-0.25, -0.2) is 0 Å². The van der Waals surface area contributed by atoms with Crippen LogP contribution in [0, 0.1) is 11.8 Å². The van der Waals surface area contributed by atoms with E-state index in [1.807, 2.05) is 9.80 Å². The van der Waals surface area contributed by atoms with Gasteiger partial charge in [0, 0.05) is 51.2 Å². The summed E-state index contributed by atoms with van der Waals surface area (Å²) in [5.41, 5.74) is 1.37. The maximum Gasteiger partial charge on any atom is 0.245 e. The number of hydrogen-bond donors (Lipinski definition) is 1. The van der Waals surface area contributed by atoms with Gasteiger partial charge in [-0.3, -0.25) is 14.5 Å². The van der Waals surface area contributed by atoms with Gasteiger partial charge in [0.15, 0.2) is 0 Å². The number of benzene rings is 1. The highest BCUT2D eigenvalue weighted by atomic mass is 16.2. The molecule has 0 spiro atoms. The van der Waals surface area contributed by atoms with E-state index in [1.54, 1.807) is 0 Å². The molecule has 4 fully saturated rings. The number of likely N-dealkylation sites (tertiary alicyclic amines) is 1. The van der Waals surface area contributed by atoms with Crippen molar-refractivity contribution in [2.24, 2.45) is 11.8 Å². The molecule has 192 valence electrons. The number of rotatable bonds is 8. The van der Waals surface area contributed by atoms with Crippen LogP contribution in [0.1, 0.15) is 63.4 Å². The fraction of sp³-hybridized carbons (Fsp3) is 0.724. The first-order valence-corrected chi connectivity index (χ1v) is 14.3. The van der Waals surface area contributed by atoms with Crippen molar-refractivity contribution in [1.29, 1.82) is 0 Å². The minimum atomic E-state index is -0.281. The molecule has 1 aromatic carbocycles. The minimum absolute atomic E-state index is 0.158. The van der Waals surface area contributed by atoms with Gasteiger partial charge in [0.25, 0.3) is 0 Å². The van der Waals surface area contributed by atoms with E-state index >= 15 is 0 Å². The first-order chi connectivity index (χ1) is 17.2. The average molecular weight is 481 g/mol. The van der Waals surface area contributed by atoms with Crippen molar-refractivity contribution in [3.05, 3.63) is 35.9 Å². The number of nitrogens with zero attached hydrogens (tertiary/aromatic N) is 3. The van der Waals surface area contributed by atoms with E-state index in [-0.39, 0.29) is 29.8 Å². The molecule has 5 rings (SSSR count). The molecular weight excluding hydrogens is 436 g/mol. The molecule has 1 aromatic rings. The summed E-state index contributed by atoms with van der Waals surface area (Å²) in [4.78, 5) is 33.8. The Morgan fingerprint density at radius 1 is 0.914 bits per heavy atom. The van der Waals surface area contributed by atoms with Crippen LogP contribution in [0.3, 0.4) is 0 Å². The number of carbonyl (C=O) groups excluding carboxylic acids is 2. The minimum Gasteiger partial charge on any atom is -0.340 e. The molecule has 2 unspecified atom stereocenters. The van der Waals surface area contributed by atoms with Crippen molar-refractivity contribution >= 4 is 11.8 Å². The normalized spacial score (nSPS) is 26.2. The molecule has 6 heteroatoms. The summed E-state index contributed by atoms with van der Waals surface area (Å²) in [6.45, 7) is 6.21. The molecule has 2 atom stereocenters. The van der Waals surface area contributed by atoms with E-state index in [0.717, 1.165) is 83.8 Å². The molecule has 2 aliphatic carbocycles. The van der Waals surface area contributed by atoms with Crippen molar-refractivity contribution in [2.75, 3.05) is 45.8 Å². The zero-order valence-corrected chi connectivity index (χ0v) is 21.4. The third kappa shape index (κ3) is 6.45. The third-order valence-electron chi connectivity index (χ3n) is 8.69. The van der Waals surface area contributed by atoms with Crippen LogP contribution >= 0.6 is 0 Å². The Hall–Kier alpha value is -1.92. The van der Waals surface area contributed by atoms with Gasteiger partial charge < -0.3 is 15.1 Å². The molecule has 2 aliphatic heterocycles. The topological polar surface area (TPSA) is 55.9 Å². The first-order valence-electron chi connectivity index (χ1n) is 14.3. The Morgan fingerprint density at radius 2 is 1.71 bits per heavy atom. The largest absolute Gasteiger partial charge is 0.340 e. The quantitative estimate of drug-likeness (QED) is 0.620. The van der Waals surface area contributed by atoms with Gasteiger partial charge in [-0.15, -0.1) is 0 Å². The third-order valence-corrected chi connectivity index (χ3v) is 8.69. The zero-order valence-electron chi connectivity index (χ0n) is 21.4. The molecule has 1 N–H and O–H groups in total. The summed E-state index contributed by atoms with van der Waals surface area (Å²) in [7, 11) is 0. The second kappa shape index (κ2) is 11.9. The van der Waals surface area contributed by atoms with E-state index in [9.17, 15) is 9.59 Å². The standard InChI is InChI=1S/C29H44N4O2/c34-28(25-12-13-25)33-22-26(20-27(33)29(35)31-17-7-15-30-16-19-31)32(21-24-10-5-2-6-11-24)18-14-23-8-3-1-4-9-23/h1,3-4,8-9,24-27,30H,2,5-7,10-22H2. The van der Waals surface area contributed by atoms with Crippen LogP contribution in [0.15, 0.2) is 30.3 Å². The highest BCUT2D eigenvalue weighted by Crippen LogP contribution is 2.36. The zero-order chi connectivity index (χ0) is 24.0. The van der Waals surface area contributed by atoms with Crippen LogP contribution in [0.25, 0.3) is 0 Å². The molecule has 2 amide bonds. The lowest BCUT2D eigenvalue weighted by Gasteiger charge is -2.34. The van der Waals surface area contributed by atoms with E-state index in [1.165, 1.54) is 37.7 Å². The molecule has 0 aromatic heterocycles. The molecule has 6 nitrogen and oxygen atoms in total. The van der Waals surface area contributed by atoms with Gasteiger partial charge in [-0.2, -0.15) is 0 Å². The molecule has 2 saturated heterocycles. The summed E-state index contributed by atoms with van der Waals surface area (Å²) in [5.74, 6) is 1.33. The predicted molar refractivity (Wildman–Crippen MR) is 139 cm³/mol. The summed E-state index contributed by atoms with van der Waals surface area (Å²) < 4.78 is 0. The van der Waals surface area contributed by atoms with Gasteiger partial charge in [0.05, 0.1) is 0 Å². The van der Waals surface area contributed by atoms with E-state index in [4.69, 9.17) is 0 Å². The van der Waals surface area contributed by atoms with Crippen LogP contribution in [-0.4, -0.2) is 84.4 Å². The lowest BCUT2D eigenvalue weighted by Crippen LogP contribution is -2.49. The Bertz CT molecular complexity index is 828. The van der Waals surface area contributed by atoms with Crippen molar-refractivity contribution < 1.29 is 9.59 Å². The number of nitrogens with one attached hydrogen (secondary N) is 1. The smallest absolute Gasteiger partial charge is 0.245 e. The molecule has 2 heterocycles. The maximum atomic E-state index is 13.7.